The molecule has 0 aromatic heterocycles. The second kappa shape index (κ2) is 9.72. The van der Waals surface area contributed by atoms with Gasteiger partial charge in [-0.15, -0.1) is 0 Å². The van der Waals surface area contributed by atoms with Crippen molar-refractivity contribution in [3.8, 4) is 0 Å². The molecule has 2 fully saturated rings. The molecule has 2 atom stereocenters. The molecule has 2 aliphatic rings. The highest BCUT2D eigenvalue weighted by atomic mass is 35.5. The minimum atomic E-state index is -5.14. The quantitative estimate of drug-likeness (QED) is 0.518. The number of hydrogen-bond donors (Lipinski definition) is 1. The number of methoxy groups -OCH3 is 1. The number of halogens is 6. The standard InChI is InChI=1S/C24H22Cl2F4N2O4/c1-35-23(24(28,29)30,15-10-16(25)12-17(26)11-15)20(33)32-8-6-22(7-9-32)19(13-31-21(34)36-22)14-2-4-18(27)5-3-14/h2-5,10-12,19H,6-9,13H2,1H3,(H,31,34)/t19-,23+/m0/s1. The fraction of sp³-hybridized carbons (Fsp3) is 0.417. The van der Waals surface area contributed by atoms with Crippen LogP contribution >= 0.6 is 23.2 Å². The first-order valence-electron chi connectivity index (χ1n) is 11.0. The normalized spacial score (nSPS) is 21.5. The van der Waals surface area contributed by atoms with Gasteiger partial charge in [0.05, 0.1) is 0 Å². The van der Waals surface area contributed by atoms with Crippen molar-refractivity contribution in [3.05, 3.63) is 69.5 Å². The molecule has 0 aliphatic carbocycles. The molecule has 2 heterocycles. The Kier molecular flexibility index (Phi) is 7.15. The van der Waals surface area contributed by atoms with Gasteiger partial charge in [0.15, 0.2) is 0 Å². The summed E-state index contributed by atoms with van der Waals surface area (Å²) in [6.45, 7) is -0.0808. The van der Waals surface area contributed by atoms with Crippen molar-refractivity contribution < 1.29 is 36.6 Å². The van der Waals surface area contributed by atoms with E-state index in [4.69, 9.17) is 32.7 Å². The van der Waals surface area contributed by atoms with Gasteiger partial charge < -0.3 is 19.7 Å². The first kappa shape index (κ1) is 26.5. The number of alkyl halides is 3. The minimum Gasteiger partial charge on any atom is -0.442 e. The van der Waals surface area contributed by atoms with Gasteiger partial charge in [0.25, 0.3) is 11.5 Å². The van der Waals surface area contributed by atoms with Gasteiger partial charge in [-0.2, -0.15) is 13.2 Å². The summed E-state index contributed by atoms with van der Waals surface area (Å²) in [5.41, 5.74) is -4.26. The van der Waals surface area contributed by atoms with Crippen LogP contribution in [0.4, 0.5) is 22.4 Å². The lowest BCUT2D eigenvalue weighted by Gasteiger charge is -2.49. The summed E-state index contributed by atoms with van der Waals surface area (Å²) < 4.78 is 67.5. The predicted molar refractivity (Wildman–Crippen MR) is 123 cm³/mol. The average molecular weight is 549 g/mol. The summed E-state index contributed by atoms with van der Waals surface area (Å²) in [5, 5.41) is 2.44. The zero-order valence-electron chi connectivity index (χ0n) is 19.0. The molecule has 0 unspecified atom stereocenters. The molecule has 0 radical (unpaired) electrons. The smallest absolute Gasteiger partial charge is 0.430 e. The molecule has 4 rings (SSSR count). The van der Waals surface area contributed by atoms with Gasteiger partial charge >= 0.3 is 12.3 Å². The molecule has 2 aliphatic heterocycles. The third kappa shape index (κ3) is 4.62. The van der Waals surface area contributed by atoms with E-state index in [0.717, 1.165) is 24.1 Å². The lowest BCUT2D eigenvalue weighted by molar-refractivity contribution is -0.271. The van der Waals surface area contributed by atoms with Crippen LogP contribution in [0.2, 0.25) is 10.0 Å². The maximum atomic E-state index is 14.5. The maximum Gasteiger partial charge on any atom is 0.430 e. The molecule has 0 saturated carbocycles. The largest absolute Gasteiger partial charge is 0.442 e. The Bertz CT molecular complexity index is 1130. The summed E-state index contributed by atoms with van der Waals surface area (Å²) in [6.07, 6.45) is -5.66. The Hall–Kier alpha value is -2.56. The van der Waals surface area contributed by atoms with Crippen LogP contribution < -0.4 is 5.32 Å². The van der Waals surface area contributed by atoms with Gasteiger partial charge in [0, 0.05) is 61.1 Å². The van der Waals surface area contributed by atoms with E-state index in [1.54, 1.807) is 12.1 Å². The van der Waals surface area contributed by atoms with Crippen molar-refractivity contribution in [1.29, 1.82) is 0 Å². The molecule has 1 N–H and O–H groups in total. The number of rotatable bonds is 4. The van der Waals surface area contributed by atoms with Crippen LogP contribution in [0.25, 0.3) is 0 Å². The Balaban J connectivity index is 1.64. The molecule has 2 amide bonds. The Morgan fingerprint density at radius 3 is 2.22 bits per heavy atom. The lowest BCUT2D eigenvalue weighted by atomic mass is 9.74. The van der Waals surface area contributed by atoms with Crippen LogP contribution in [0, 0.1) is 5.82 Å². The molecule has 0 bridgehead atoms. The second-order valence-electron chi connectivity index (χ2n) is 8.77. The van der Waals surface area contributed by atoms with Crippen LogP contribution in [0.1, 0.15) is 29.9 Å². The lowest BCUT2D eigenvalue weighted by Crippen LogP contribution is -2.62. The van der Waals surface area contributed by atoms with E-state index in [0.29, 0.717) is 5.56 Å². The highest BCUT2D eigenvalue weighted by Gasteiger charge is 2.64. The van der Waals surface area contributed by atoms with Crippen molar-refractivity contribution in [3.63, 3.8) is 0 Å². The number of likely N-dealkylation sites (tertiary alicyclic amines) is 1. The van der Waals surface area contributed by atoms with E-state index in [2.05, 4.69) is 5.32 Å². The first-order chi connectivity index (χ1) is 16.9. The van der Waals surface area contributed by atoms with Crippen LogP contribution in [-0.4, -0.2) is 55.4 Å². The number of nitrogens with one attached hydrogen (secondary N) is 1. The van der Waals surface area contributed by atoms with Crippen LogP contribution in [0.15, 0.2) is 42.5 Å². The highest BCUT2D eigenvalue weighted by molar-refractivity contribution is 6.34. The zero-order valence-corrected chi connectivity index (χ0v) is 20.5. The van der Waals surface area contributed by atoms with E-state index >= 15 is 0 Å². The Morgan fingerprint density at radius 1 is 1.11 bits per heavy atom. The van der Waals surface area contributed by atoms with Crippen molar-refractivity contribution in [2.45, 2.75) is 36.1 Å². The van der Waals surface area contributed by atoms with Gasteiger partial charge in [-0.1, -0.05) is 35.3 Å². The van der Waals surface area contributed by atoms with Crippen molar-refractivity contribution in [2.75, 3.05) is 26.7 Å². The summed E-state index contributed by atoms with van der Waals surface area (Å²) in [5.74, 6) is -2.16. The number of carbonyl (C=O) groups excluding carboxylic acids is 2. The van der Waals surface area contributed by atoms with E-state index in [9.17, 15) is 27.2 Å². The Morgan fingerprint density at radius 2 is 1.69 bits per heavy atom. The van der Waals surface area contributed by atoms with E-state index in [-0.39, 0.29) is 42.5 Å². The topological polar surface area (TPSA) is 67.9 Å². The number of piperidine rings is 1. The average Bonchev–Trinajstić information content (AvgIpc) is 2.80. The number of nitrogens with zero attached hydrogens (tertiary/aromatic N) is 1. The summed E-state index contributed by atoms with van der Waals surface area (Å²) in [7, 11) is 0.796. The van der Waals surface area contributed by atoms with Crippen molar-refractivity contribution >= 4 is 35.2 Å². The molecular weight excluding hydrogens is 527 g/mol. The molecule has 2 aromatic rings. The number of carbonyl (C=O) groups is 2. The van der Waals surface area contributed by atoms with Gasteiger partial charge in [-0.3, -0.25) is 4.79 Å². The second-order valence-corrected chi connectivity index (χ2v) is 9.65. The molecule has 6 nitrogen and oxygen atoms in total. The molecule has 2 saturated heterocycles. The highest BCUT2D eigenvalue weighted by Crippen LogP contribution is 2.47. The molecule has 2 aromatic carbocycles. The molecule has 36 heavy (non-hydrogen) atoms. The van der Waals surface area contributed by atoms with E-state index < -0.39 is 46.7 Å². The molecule has 12 heteroatoms. The minimum absolute atomic E-state index is 0.0716. The number of alkyl carbamates (subject to hydrolysis) is 1. The van der Waals surface area contributed by atoms with E-state index in [1.807, 2.05) is 0 Å². The fourth-order valence-electron chi connectivity index (χ4n) is 5.03. The van der Waals surface area contributed by atoms with Gasteiger partial charge in [0.1, 0.15) is 11.4 Å². The molecule has 1 spiro atoms. The fourth-order valence-corrected chi connectivity index (χ4v) is 5.55. The van der Waals surface area contributed by atoms with Crippen molar-refractivity contribution in [1.82, 2.24) is 10.2 Å². The monoisotopic (exact) mass is 548 g/mol. The van der Waals surface area contributed by atoms with Gasteiger partial charge in [-0.25, -0.2) is 9.18 Å². The van der Waals surface area contributed by atoms with Crippen molar-refractivity contribution in [2.24, 2.45) is 0 Å². The van der Waals surface area contributed by atoms with Crippen LogP contribution in [0.3, 0.4) is 0 Å². The first-order valence-corrected chi connectivity index (χ1v) is 11.8. The number of hydrogen-bond acceptors (Lipinski definition) is 4. The Labute approximate surface area is 214 Å². The third-order valence-corrected chi connectivity index (χ3v) is 7.26. The SMILES string of the molecule is CO[C@@](C(=O)N1CCC2(CC1)OC(=O)NC[C@H]2c1ccc(F)cc1)(c1cc(Cl)cc(Cl)c1)C(F)(F)F. The summed E-state index contributed by atoms with van der Waals surface area (Å²) in [4.78, 5) is 26.6. The number of amides is 2. The summed E-state index contributed by atoms with van der Waals surface area (Å²) >= 11 is 11.9. The van der Waals surface area contributed by atoms with Gasteiger partial charge in [0.2, 0.25) is 0 Å². The summed E-state index contributed by atoms with van der Waals surface area (Å²) in [6, 6.07) is 8.94. The molecule has 194 valence electrons. The number of benzene rings is 2. The third-order valence-electron chi connectivity index (χ3n) is 6.83. The zero-order chi connectivity index (χ0) is 26.3. The number of ether oxygens (including phenoxy) is 2. The van der Waals surface area contributed by atoms with E-state index in [1.165, 1.54) is 18.2 Å². The maximum absolute atomic E-state index is 14.5. The van der Waals surface area contributed by atoms with Crippen LogP contribution in [0.5, 0.6) is 0 Å². The predicted octanol–water partition coefficient (Wildman–Crippen LogP) is 5.42. The van der Waals surface area contributed by atoms with Gasteiger partial charge in [-0.05, 0) is 35.9 Å². The van der Waals surface area contributed by atoms with Crippen LogP contribution in [-0.2, 0) is 19.9 Å². The molecular formula is C24H22Cl2F4N2O4.